The van der Waals surface area contributed by atoms with E-state index in [9.17, 15) is 0 Å². The second-order valence-electron chi connectivity index (χ2n) is 5.26. The van der Waals surface area contributed by atoms with E-state index in [0.29, 0.717) is 0 Å². The summed E-state index contributed by atoms with van der Waals surface area (Å²) in [7, 11) is 0. The highest BCUT2D eigenvalue weighted by Crippen LogP contribution is 2.35. The first-order chi connectivity index (χ1) is 9.24. The van der Waals surface area contributed by atoms with E-state index < -0.39 is 0 Å². The minimum Gasteiger partial charge on any atom is -0.368 e. The van der Waals surface area contributed by atoms with Gasteiger partial charge in [-0.3, -0.25) is 0 Å². The highest BCUT2D eigenvalue weighted by Gasteiger charge is 2.32. The Balaban J connectivity index is 1.96. The lowest BCUT2D eigenvalue weighted by atomic mass is 9.98. The summed E-state index contributed by atoms with van der Waals surface area (Å²) >= 11 is 1.76. The quantitative estimate of drug-likeness (QED) is 0.753. The minimum atomic E-state index is -0.165. The van der Waals surface area contributed by atoms with Gasteiger partial charge in [-0.05, 0) is 32.6 Å². The van der Waals surface area contributed by atoms with Crippen LogP contribution >= 0.6 is 11.3 Å². The Hall–Kier alpha value is -0.450. The molecule has 3 nitrogen and oxygen atoms in total. The van der Waals surface area contributed by atoms with E-state index in [0.717, 1.165) is 43.5 Å². The van der Waals surface area contributed by atoms with Crippen LogP contribution in [-0.4, -0.2) is 24.2 Å². The van der Waals surface area contributed by atoms with Gasteiger partial charge in [-0.25, -0.2) is 4.98 Å². The third-order valence-corrected chi connectivity index (χ3v) is 4.97. The molecule has 0 aliphatic heterocycles. The SMILES string of the molecule is CCOC(CC)(CC)c1nc(CCNC2CC2)cs1. The molecule has 1 aromatic heterocycles. The maximum Gasteiger partial charge on any atom is 0.125 e. The van der Waals surface area contributed by atoms with Crippen molar-refractivity contribution in [2.24, 2.45) is 0 Å². The zero-order valence-electron chi connectivity index (χ0n) is 12.4. The first kappa shape index (κ1) is 14.9. The number of nitrogens with one attached hydrogen (secondary N) is 1. The molecule has 0 atom stereocenters. The Morgan fingerprint density at radius 1 is 1.37 bits per heavy atom. The highest BCUT2D eigenvalue weighted by molar-refractivity contribution is 7.09. The summed E-state index contributed by atoms with van der Waals surface area (Å²) in [4.78, 5) is 4.81. The van der Waals surface area contributed by atoms with Crippen molar-refractivity contribution in [1.82, 2.24) is 10.3 Å². The number of aromatic nitrogens is 1. The molecule has 0 radical (unpaired) electrons. The Labute approximate surface area is 120 Å². The Bertz CT molecular complexity index is 383. The molecule has 0 amide bonds. The van der Waals surface area contributed by atoms with Gasteiger partial charge in [0.25, 0.3) is 0 Å². The molecule has 0 unspecified atom stereocenters. The summed E-state index contributed by atoms with van der Waals surface area (Å²) < 4.78 is 6.01. The van der Waals surface area contributed by atoms with Crippen LogP contribution in [0.5, 0.6) is 0 Å². The van der Waals surface area contributed by atoms with Crippen LogP contribution in [0.15, 0.2) is 5.38 Å². The third kappa shape index (κ3) is 3.77. The van der Waals surface area contributed by atoms with Gasteiger partial charge in [0.05, 0.1) is 5.69 Å². The summed E-state index contributed by atoms with van der Waals surface area (Å²) in [5.41, 5.74) is 1.04. The van der Waals surface area contributed by atoms with Crippen molar-refractivity contribution in [3.63, 3.8) is 0 Å². The van der Waals surface area contributed by atoms with Gasteiger partial charge in [-0.2, -0.15) is 0 Å². The van der Waals surface area contributed by atoms with Crippen LogP contribution in [-0.2, 0) is 16.8 Å². The highest BCUT2D eigenvalue weighted by atomic mass is 32.1. The molecule has 1 heterocycles. The smallest absolute Gasteiger partial charge is 0.125 e. The molecule has 0 bridgehead atoms. The maximum absolute atomic E-state index is 6.01. The molecule has 1 fully saturated rings. The largest absolute Gasteiger partial charge is 0.368 e. The minimum absolute atomic E-state index is 0.165. The molecule has 0 saturated heterocycles. The van der Waals surface area contributed by atoms with Crippen LogP contribution < -0.4 is 5.32 Å². The van der Waals surface area contributed by atoms with Gasteiger partial charge in [-0.15, -0.1) is 11.3 Å². The summed E-state index contributed by atoms with van der Waals surface area (Å²) in [6.45, 7) is 8.24. The van der Waals surface area contributed by atoms with E-state index in [1.54, 1.807) is 11.3 Å². The molecule has 0 spiro atoms. The number of hydrogen-bond donors (Lipinski definition) is 1. The van der Waals surface area contributed by atoms with E-state index in [2.05, 4.69) is 31.5 Å². The fourth-order valence-electron chi connectivity index (χ4n) is 2.42. The van der Waals surface area contributed by atoms with Crippen molar-refractivity contribution in [2.45, 2.75) is 64.5 Å². The molecule has 0 aromatic carbocycles. The third-order valence-electron chi connectivity index (χ3n) is 3.90. The van der Waals surface area contributed by atoms with Gasteiger partial charge in [0, 0.05) is 31.0 Å². The average Bonchev–Trinajstić information content (AvgIpc) is 3.13. The average molecular weight is 282 g/mol. The maximum atomic E-state index is 6.01. The standard InChI is InChI=1S/C15H26N2OS/c1-4-15(5-2,18-6-3)14-17-13(11-19-14)9-10-16-12-7-8-12/h11-12,16H,4-10H2,1-3H3. The van der Waals surface area contributed by atoms with Crippen LogP contribution in [0.3, 0.4) is 0 Å². The van der Waals surface area contributed by atoms with Crippen molar-refractivity contribution in [3.05, 3.63) is 16.1 Å². The van der Waals surface area contributed by atoms with Gasteiger partial charge in [-0.1, -0.05) is 13.8 Å². The summed E-state index contributed by atoms with van der Waals surface area (Å²) in [6, 6.07) is 0.784. The second-order valence-corrected chi connectivity index (χ2v) is 6.11. The van der Waals surface area contributed by atoms with Gasteiger partial charge in [0.15, 0.2) is 0 Å². The zero-order valence-corrected chi connectivity index (χ0v) is 13.2. The molecule has 1 N–H and O–H groups in total. The van der Waals surface area contributed by atoms with Crippen LogP contribution in [0.1, 0.15) is 57.2 Å². The fourth-order valence-corrected chi connectivity index (χ4v) is 3.57. The van der Waals surface area contributed by atoms with Crippen molar-refractivity contribution in [2.75, 3.05) is 13.2 Å². The van der Waals surface area contributed by atoms with E-state index >= 15 is 0 Å². The topological polar surface area (TPSA) is 34.1 Å². The molecule has 1 aromatic rings. The second kappa shape index (κ2) is 6.82. The number of nitrogens with zero attached hydrogens (tertiary/aromatic N) is 1. The molecule has 4 heteroatoms. The van der Waals surface area contributed by atoms with Gasteiger partial charge >= 0.3 is 0 Å². The molecule has 1 aliphatic carbocycles. The van der Waals surface area contributed by atoms with Crippen molar-refractivity contribution >= 4 is 11.3 Å². The lowest BCUT2D eigenvalue weighted by molar-refractivity contribution is -0.0507. The summed E-state index contributed by atoms with van der Waals surface area (Å²) in [5, 5.41) is 6.89. The van der Waals surface area contributed by atoms with E-state index in [1.165, 1.54) is 18.5 Å². The normalized spacial score (nSPS) is 15.9. The monoisotopic (exact) mass is 282 g/mol. The molecule has 19 heavy (non-hydrogen) atoms. The Kier molecular flexibility index (Phi) is 5.37. The van der Waals surface area contributed by atoms with Crippen molar-refractivity contribution in [1.29, 1.82) is 0 Å². The van der Waals surface area contributed by atoms with Gasteiger partial charge in [0.1, 0.15) is 10.6 Å². The zero-order chi connectivity index (χ0) is 13.7. The Morgan fingerprint density at radius 3 is 2.68 bits per heavy atom. The van der Waals surface area contributed by atoms with E-state index in [4.69, 9.17) is 9.72 Å². The first-order valence-electron chi connectivity index (χ1n) is 7.56. The number of ether oxygens (including phenoxy) is 1. The van der Waals surface area contributed by atoms with Crippen LogP contribution in [0.25, 0.3) is 0 Å². The molecule has 2 rings (SSSR count). The molecular weight excluding hydrogens is 256 g/mol. The molecule has 1 saturated carbocycles. The molecular formula is C15H26N2OS. The number of rotatable bonds is 9. The van der Waals surface area contributed by atoms with E-state index in [1.807, 2.05) is 0 Å². The first-order valence-corrected chi connectivity index (χ1v) is 8.44. The Morgan fingerprint density at radius 2 is 2.11 bits per heavy atom. The van der Waals surface area contributed by atoms with Gasteiger partial charge in [0.2, 0.25) is 0 Å². The predicted molar refractivity (Wildman–Crippen MR) is 80.7 cm³/mol. The number of thiazole rings is 1. The molecule has 108 valence electrons. The van der Waals surface area contributed by atoms with Crippen LogP contribution in [0.2, 0.25) is 0 Å². The summed E-state index contributed by atoms with van der Waals surface area (Å²) in [6.07, 6.45) is 5.71. The van der Waals surface area contributed by atoms with Gasteiger partial charge < -0.3 is 10.1 Å². The predicted octanol–water partition coefficient (Wildman–Crippen LogP) is 3.49. The van der Waals surface area contributed by atoms with Crippen molar-refractivity contribution in [3.8, 4) is 0 Å². The molecule has 1 aliphatic rings. The lowest BCUT2D eigenvalue weighted by Crippen LogP contribution is -2.28. The fraction of sp³-hybridized carbons (Fsp3) is 0.800. The van der Waals surface area contributed by atoms with Crippen LogP contribution in [0, 0.1) is 0 Å². The summed E-state index contributed by atoms with van der Waals surface area (Å²) in [5.74, 6) is 0. The number of hydrogen-bond acceptors (Lipinski definition) is 4. The lowest BCUT2D eigenvalue weighted by Gasteiger charge is -2.29. The van der Waals surface area contributed by atoms with Crippen molar-refractivity contribution < 1.29 is 4.74 Å². The van der Waals surface area contributed by atoms with E-state index in [-0.39, 0.29) is 5.60 Å². The van der Waals surface area contributed by atoms with Crippen LogP contribution in [0.4, 0.5) is 0 Å².